The van der Waals surface area contributed by atoms with E-state index in [0.29, 0.717) is 11.5 Å². The Morgan fingerprint density at radius 2 is 1.63 bits per heavy atom. The monoisotopic (exact) mass is 256 g/mol. The number of nitrogens with zero attached hydrogens (tertiary/aromatic N) is 1. The molecule has 1 atom stereocenters. The first-order chi connectivity index (χ1) is 8.97. The number of aromatic nitrogens is 1. The fourth-order valence-electron chi connectivity index (χ4n) is 1.87. The summed E-state index contributed by atoms with van der Waals surface area (Å²) in [5.41, 5.74) is 2.83. The Bertz CT molecular complexity index is 489. The van der Waals surface area contributed by atoms with Gasteiger partial charge < -0.3 is 9.88 Å². The molecule has 0 aliphatic heterocycles. The SMILES string of the molecule is C[C@H](NCc1ccc(-n2cccc2)cc1)C(C)(C)C. The van der Waals surface area contributed by atoms with Gasteiger partial charge in [0.15, 0.2) is 0 Å². The molecule has 19 heavy (non-hydrogen) atoms. The number of hydrogen-bond acceptors (Lipinski definition) is 1. The van der Waals surface area contributed by atoms with Gasteiger partial charge in [0, 0.05) is 30.7 Å². The first-order valence-electron chi connectivity index (χ1n) is 6.92. The molecule has 1 N–H and O–H groups in total. The summed E-state index contributed by atoms with van der Waals surface area (Å²) >= 11 is 0. The van der Waals surface area contributed by atoms with Crippen molar-refractivity contribution in [1.82, 2.24) is 9.88 Å². The van der Waals surface area contributed by atoms with Crippen molar-refractivity contribution >= 4 is 0 Å². The maximum absolute atomic E-state index is 3.59. The van der Waals surface area contributed by atoms with Crippen molar-refractivity contribution in [1.29, 1.82) is 0 Å². The van der Waals surface area contributed by atoms with Crippen molar-refractivity contribution in [2.75, 3.05) is 0 Å². The Hall–Kier alpha value is -1.54. The molecule has 0 amide bonds. The van der Waals surface area contributed by atoms with Crippen LogP contribution in [-0.4, -0.2) is 10.6 Å². The third kappa shape index (κ3) is 3.71. The molecular weight excluding hydrogens is 232 g/mol. The number of rotatable bonds is 4. The molecule has 1 aromatic heterocycles. The normalized spacial score (nSPS) is 13.5. The second kappa shape index (κ2) is 5.62. The van der Waals surface area contributed by atoms with Gasteiger partial charge >= 0.3 is 0 Å². The molecular formula is C17H24N2. The van der Waals surface area contributed by atoms with Crippen LogP contribution in [0.1, 0.15) is 33.3 Å². The molecule has 2 nitrogen and oxygen atoms in total. The minimum Gasteiger partial charge on any atom is -0.324 e. The lowest BCUT2D eigenvalue weighted by Gasteiger charge is -2.28. The van der Waals surface area contributed by atoms with Crippen molar-refractivity contribution in [3.8, 4) is 5.69 Å². The van der Waals surface area contributed by atoms with E-state index in [2.05, 4.69) is 74.2 Å². The summed E-state index contributed by atoms with van der Waals surface area (Å²) in [5, 5.41) is 3.59. The summed E-state index contributed by atoms with van der Waals surface area (Å²) in [5.74, 6) is 0. The van der Waals surface area contributed by atoms with Gasteiger partial charge in [-0.3, -0.25) is 0 Å². The summed E-state index contributed by atoms with van der Waals surface area (Å²) in [6.45, 7) is 9.96. The summed E-state index contributed by atoms with van der Waals surface area (Å²) in [4.78, 5) is 0. The Morgan fingerprint density at radius 1 is 1.05 bits per heavy atom. The van der Waals surface area contributed by atoms with Gasteiger partial charge in [0.1, 0.15) is 0 Å². The standard InChI is InChI=1S/C17H24N2/c1-14(17(2,3)4)18-13-15-7-9-16(10-8-15)19-11-5-6-12-19/h5-12,14,18H,13H2,1-4H3/t14-/m0/s1. The minimum absolute atomic E-state index is 0.297. The lowest BCUT2D eigenvalue weighted by Crippen LogP contribution is -2.37. The van der Waals surface area contributed by atoms with Crippen LogP contribution in [0.3, 0.4) is 0 Å². The summed E-state index contributed by atoms with van der Waals surface area (Å²) < 4.78 is 2.12. The first kappa shape index (κ1) is 13.9. The van der Waals surface area contributed by atoms with Gasteiger partial charge in [0.2, 0.25) is 0 Å². The van der Waals surface area contributed by atoms with Crippen LogP contribution in [0.4, 0.5) is 0 Å². The molecule has 102 valence electrons. The van der Waals surface area contributed by atoms with Crippen LogP contribution >= 0.6 is 0 Å². The van der Waals surface area contributed by atoms with E-state index in [4.69, 9.17) is 0 Å². The largest absolute Gasteiger partial charge is 0.324 e. The molecule has 0 bridgehead atoms. The maximum atomic E-state index is 3.59. The average molecular weight is 256 g/mol. The molecule has 0 fully saturated rings. The van der Waals surface area contributed by atoms with Crippen LogP contribution in [-0.2, 0) is 6.54 Å². The van der Waals surface area contributed by atoms with Gasteiger partial charge in [-0.05, 0) is 42.2 Å². The van der Waals surface area contributed by atoms with Gasteiger partial charge in [0.25, 0.3) is 0 Å². The topological polar surface area (TPSA) is 17.0 Å². The molecule has 0 saturated heterocycles. The Morgan fingerprint density at radius 3 is 2.16 bits per heavy atom. The fourth-order valence-corrected chi connectivity index (χ4v) is 1.87. The molecule has 0 radical (unpaired) electrons. The molecule has 0 saturated carbocycles. The number of hydrogen-bond donors (Lipinski definition) is 1. The third-order valence-corrected chi connectivity index (χ3v) is 3.75. The van der Waals surface area contributed by atoms with Crippen LogP contribution in [0.15, 0.2) is 48.8 Å². The Kier molecular flexibility index (Phi) is 4.11. The van der Waals surface area contributed by atoms with Crippen molar-refractivity contribution in [2.45, 2.75) is 40.3 Å². The summed E-state index contributed by atoms with van der Waals surface area (Å²) in [6.07, 6.45) is 4.13. The van der Waals surface area contributed by atoms with Crippen molar-refractivity contribution < 1.29 is 0 Å². The zero-order chi connectivity index (χ0) is 13.9. The van der Waals surface area contributed by atoms with Gasteiger partial charge in [-0.25, -0.2) is 0 Å². The van der Waals surface area contributed by atoms with Gasteiger partial charge in [-0.15, -0.1) is 0 Å². The maximum Gasteiger partial charge on any atom is 0.0449 e. The number of nitrogens with one attached hydrogen (secondary N) is 1. The molecule has 1 heterocycles. The van der Waals surface area contributed by atoms with E-state index >= 15 is 0 Å². The highest BCUT2D eigenvalue weighted by atomic mass is 14.9. The zero-order valence-electron chi connectivity index (χ0n) is 12.4. The Balaban J connectivity index is 1.96. The van der Waals surface area contributed by atoms with Crippen LogP contribution in [0, 0.1) is 5.41 Å². The van der Waals surface area contributed by atoms with Crippen molar-refractivity contribution in [3.05, 3.63) is 54.4 Å². The van der Waals surface area contributed by atoms with E-state index < -0.39 is 0 Å². The minimum atomic E-state index is 0.297. The predicted octanol–water partition coefficient (Wildman–Crippen LogP) is 4.00. The lowest BCUT2D eigenvalue weighted by molar-refractivity contribution is 0.285. The van der Waals surface area contributed by atoms with Crippen LogP contribution in [0.5, 0.6) is 0 Å². The van der Waals surface area contributed by atoms with Crippen LogP contribution < -0.4 is 5.32 Å². The van der Waals surface area contributed by atoms with Gasteiger partial charge in [-0.1, -0.05) is 32.9 Å². The van der Waals surface area contributed by atoms with Gasteiger partial charge in [0.05, 0.1) is 0 Å². The molecule has 0 spiro atoms. The molecule has 0 aliphatic rings. The van der Waals surface area contributed by atoms with Crippen molar-refractivity contribution in [3.63, 3.8) is 0 Å². The second-order valence-corrected chi connectivity index (χ2v) is 6.23. The highest BCUT2D eigenvalue weighted by molar-refractivity contribution is 5.35. The van der Waals surface area contributed by atoms with E-state index in [-0.39, 0.29) is 0 Å². The smallest absolute Gasteiger partial charge is 0.0449 e. The zero-order valence-corrected chi connectivity index (χ0v) is 12.4. The average Bonchev–Trinajstić information content (AvgIpc) is 2.89. The molecule has 0 aliphatic carbocycles. The molecule has 2 rings (SSSR count). The highest BCUT2D eigenvalue weighted by Crippen LogP contribution is 2.19. The quantitative estimate of drug-likeness (QED) is 0.875. The number of benzene rings is 1. The van der Waals surface area contributed by atoms with E-state index in [0.717, 1.165) is 6.54 Å². The molecule has 2 aromatic rings. The second-order valence-electron chi connectivity index (χ2n) is 6.23. The van der Waals surface area contributed by atoms with E-state index in [1.807, 2.05) is 12.1 Å². The van der Waals surface area contributed by atoms with Gasteiger partial charge in [-0.2, -0.15) is 0 Å². The molecule has 2 heteroatoms. The van der Waals surface area contributed by atoms with E-state index in [1.165, 1.54) is 11.3 Å². The van der Waals surface area contributed by atoms with Crippen LogP contribution in [0.25, 0.3) is 5.69 Å². The first-order valence-corrected chi connectivity index (χ1v) is 6.92. The highest BCUT2D eigenvalue weighted by Gasteiger charge is 2.18. The van der Waals surface area contributed by atoms with Crippen LogP contribution in [0.2, 0.25) is 0 Å². The predicted molar refractivity (Wildman–Crippen MR) is 81.5 cm³/mol. The lowest BCUT2D eigenvalue weighted by atomic mass is 9.88. The van der Waals surface area contributed by atoms with Crippen molar-refractivity contribution in [2.24, 2.45) is 5.41 Å². The Labute approximate surface area is 116 Å². The van der Waals surface area contributed by atoms with E-state index in [9.17, 15) is 0 Å². The third-order valence-electron chi connectivity index (χ3n) is 3.75. The summed E-state index contributed by atoms with van der Waals surface area (Å²) in [7, 11) is 0. The fraction of sp³-hybridized carbons (Fsp3) is 0.412. The molecule has 0 unspecified atom stereocenters. The summed E-state index contributed by atoms with van der Waals surface area (Å²) in [6, 6.07) is 13.3. The molecule has 1 aromatic carbocycles. The van der Waals surface area contributed by atoms with E-state index in [1.54, 1.807) is 0 Å².